The standard InChI is InChI=1S/C16H27NO/c1-2-3-4-5-6-7-13-17-16-10-8-15(9-11-16)12-14-18/h8-11,17-18H,2-7,12-14H2,1H3. The van der Waals surface area contributed by atoms with Gasteiger partial charge in [-0.05, 0) is 30.5 Å². The third kappa shape index (κ3) is 6.65. The van der Waals surface area contributed by atoms with Crippen LogP contribution in [0.2, 0.25) is 0 Å². The van der Waals surface area contributed by atoms with Gasteiger partial charge in [-0.15, -0.1) is 0 Å². The molecule has 0 spiro atoms. The molecule has 0 unspecified atom stereocenters. The van der Waals surface area contributed by atoms with Crippen molar-refractivity contribution in [2.75, 3.05) is 18.5 Å². The molecule has 102 valence electrons. The second-order valence-corrected chi connectivity index (χ2v) is 4.87. The first-order chi connectivity index (χ1) is 8.86. The minimum Gasteiger partial charge on any atom is -0.396 e. The molecule has 1 aromatic rings. The van der Waals surface area contributed by atoms with Crippen LogP contribution in [-0.2, 0) is 6.42 Å². The first kappa shape index (κ1) is 15.0. The molecule has 2 nitrogen and oxygen atoms in total. The van der Waals surface area contributed by atoms with Crippen molar-refractivity contribution in [1.82, 2.24) is 0 Å². The summed E-state index contributed by atoms with van der Waals surface area (Å²) in [4.78, 5) is 0. The number of benzene rings is 1. The molecule has 18 heavy (non-hydrogen) atoms. The Balaban J connectivity index is 2.08. The molecule has 0 aliphatic carbocycles. The lowest BCUT2D eigenvalue weighted by Crippen LogP contribution is -2.01. The summed E-state index contributed by atoms with van der Waals surface area (Å²) in [5.74, 6) is 0. The minimum absolute atomic E-state index is 0.227. The normalized spacial score (nSPS) is 10.6. The van der Waals surface area contributed by atoms with Gasteiger partial charge in [0.25, 0.3) is 0 Å². The highest BCUT2D eigenvalue weighted by molar-refractivity contribution is 5.44. The van der Waals surface area contributed by atoms with Crippen LogP contribution >= 0.6 is 0 Å². The Kier molecular flexibility index (Phi) is 8.32. The summed E-state index contributed by atoms with van der Waals surface area (Å²) in [6.45, 7) is 3.54. The predicted octanol–water partition coefficient (Wildman–Crippen LogP) is 3.99. The molecule has 0 aliphatic heterocycles. The molecule has 0 fully saturated rings. The molecule has 0 atom stereocenters. The summed E-state index contributed by atoms with van der Waals surface area (Å²) in [6.07, 6.45) is 8.77. The number of unbranched alkanes of at least 4 members (excludes halogenated alkanes) is 5. The minimum atomic E-state index is 0.227. The van der Waals surface area contributed by atoms with E-state index in [4.69, 9.17) is 5.11 Å². The summed E-state index contributed by atoms with van der Waals surface area (Å²) in [6, 6.07) is 8.36. The van der Waals surface area contributed by atoms with E-state index in [1.807, 2.05) is 0 Å². The van der Waals surface area contributed by atoms with Gasteiger partial charge in [-0.1, -0.05) is 51.2 Å². The summed E-state index contributed by atoms with van der Waals surface area (Å²) >= 11 is 0. The Labute approximate surface area is 111 Å². The largest absolute Gasteiger partial charge is 0.396 e. The number of nitrogens with one attached hydrogen (secondary N) is 1. The van der Waals surface area contributed by atoms with Crippen LogP contribution in [0.15, 0.2) is 24.3 Å². The van der Waals surface area contributed by atoms with E-state index in [1.165, 1.54) is 49.8 Å². The molecule has 0 saturated heterocycles. The van der Waals surface area contributed by atoms with Crippen LogP contribution in [0.5, 0.6) is 0 Å². The van der Waals surface area contributed by atoms with Crippen LogP contribution in [0.3, 0.4) is 0 Å². The summed E-state index contributed by atoms with van der Waals surface area (Å²) in [5.41, 5.74) is 2.38. The van der Waals surface area contributed by atoms with Crippen LogP contribution in [-0.4, -0.2) is 18.3 Å². The van der Waals surface area contributed by atoms with Crippen LogP contribution in [0.1, 0.15) is 51.0 Å². The molecule has 0 heterocycles. The Morgan fingerprint density at radius 1 is 0.944 bits per heavy atom. The monoisotopic (exact) mass is 249 g/mol. The van der Waals surface area contributed by atoms with E-state index < -0.39 is 0 Å². The van der Waals surface area contributed by atoms with Crippen molar-refractivity contribution < 1.29 is 5.11 Å². The molecule has 2 N–H and O–H groups in total. The highest BCUT2D eigenvalue weighted by atomic mass is 16.2. The van der Waals surface area contributed by atoms with Crippen molar-refractivity contribution in [2.45, 2.75) is 51.9 Å². The predicted molar refractivity (Wildman–Crippen MR) is 79.1 cm³/mol. The molecule has 0 aliphatic rings. The quantitative estimate of drug-likeness (QED) is 0.614. The summed E-state index contributed by atoms with van der Waals surface area (Å²) < 4.78 is 0. The maximum absolute atomic E-state index is 8.84. The molecule has 1 aromatic carbocycles. The van der Waals surface area contributed by atoms with Gasteiger partial charge in [-0.25, -0.2) is 0 Å². The van der Waals surface area contributed by atoms with Crippen molar-refractivity contribution in [1.29, 1.82) is 0 Å². The van der Waals surface area contributed by atoms with Gasteiger partial charge >= 0.3 is 0 Å². The Hall–Kier alpha value is -1.02. The number of hydrogen-bond acceptors (Lipinski definition) is 2. The van der Waals surface area contributed by atoms with E-state index in [-0.39, 0.29) is 6.61 Å². The number of aliphatic hydroxyl groups is 1. The summed E-state index contributed by atoms with van der Waals surface area (Å²) in [7, 11) is 0. The maximum atomic E-state index is 8.84. The van der Waals surface area contributed by atoms with Crippen molar-refractivity contribution in [3.8, 4) is 0 Å². The van der Waals surface area contributed by atoms with E-state index in [1.54, 1.807) is 0 Å². The third-order valence-electron chi connectivity index (χ3n) is 3.21. The fourth-order valence-corrected chi connectivity index (χ4v) is 2.06. The van der Waals surface area contributed by atoms with Gasteiger partial charge < -0.3 is 10.4 Å². The van der Waals surface area contributed by atoms with Crippen LogP contribution in [0.25, 0.3) is 0 Å². The van der Waals surface area contributed by atoms with Crippen molar-refractivity contribution in [2.24, 2.45) is 0 Å². The zero-order valence-electron chi connectivity index (χ0n) is 11.6. The molecule has 0 saturated carbocycles. The van der Waals surface area contributed by atoms with Crippen molar-refractivity contribution in [3.63, 3.8) is 0 Å². The molecular formula is C16H27NO. The lowest BCUT2D eigenvalue weighted by molar-refractivity contribution is 0.299. The van der Waals surface area contributed by atoms with Gasteiger partial charge in [0.15, 0.2) is 0 Å². The number of aliphatic hydroxyl groups excluding tert-OH is 1. The topological polar surface area (TPSA) is 32.3 Å². The first-order valence-electron chi connectivity index (χ1n) is 7.30. The number of anilines is 1. The highest BCUT2D eigenvalue weighted by Crippen LogP contribution is 2.11. The zero-order valence-corrected chi connectivity index (χ0v) is 11.6. The van der Waals surface area contributed by atoms with Crippen molar-refractivity contribution >= 4 is 5.69 Å². The van der Waals surface area contributed by atoms with Crippen LogP contribution in [0, 0.1) is 0 Å². The average molecular weight is 249 g/mol. The summed E-state index contributed by atoms with van der Waals surface area (Å²) in [5, 5.41) is 12.3. The Bertz CT molecular complexity index is 294. The van der Waals surface area contributed by atoms with Gasteiger partial charge in [-0.3, -0.25) is 0 Å². The molecule has 0 radical (unpaired) electrons. The lowest BCUT2D eigenvalue weighted by atomic mass is 10.1. The maximum Gasteiger partial charge on any atom is 0.0471 e. The first-order valence-corrected chi connectivity index (χ1v) is 7.30. The fraction of sp³-hybridized carbons (Fsp3) is 0.625. The smallest absolute Gasteiger partial charge is 0.0471 e. The molecule has 0 amide bonds. The van der Waals surface area contributed by atoms with E-state index in [2.05, 4.69) is 36.5 Å². The number of rotatable bonds is 10. The lowest BCUT2D eigenvalue weighted by Gasteiger charge is -2.07. The highest BCUT2D eigenvalue weighted by Gasteiger charge is 1.94. The van der Waals surface area contributed by atoms with Crippen LogP contribution in [0.4, 0.5) is 5.69 Å². The average Bonchev–Trinajstić information content (AvgIpc) is 2.40. The zero-order chi connectivity index (χ0) is 13.1. The van der Waals surface area contributed by atoms with Gasteiger partial charge in [-0.2, -0.15) is 0 Å². The van der Waals surface area contributed by atoms with Gasteiger partial charge in [0.05, 0.1) is 0 Å². The van der Waals surface area contributed by atoms with E-state index in [9.17, 15) is 0 Å². The second kappa shape index (κ2) is 9.95. The third-order valence-corrected chi connectivity index (χ3v) is 3.21. The second-order valence-electron chi connectivity index (χ2n) is 4.87. The van der Waals surface area contributed by atoms with E-state index >= 15 is 0 Å². The molecule has 0 aromatic heterocycles. The Morgan fingerprint density at radius 2 is 1.61 bits per heavy atom. The molecular weight excluding hydrogens is 222 g/mol. The van der Waals surface area contributed by atoms with Crippen molar-refractivity contribution in [3.05, 3.63) is 29.8 Å². The SMILES string of the molecule is CCCCCCCCNc1ccc(CCO)cc1. The molecule has 0 bridgehead atoms. The van der Waals surface area contributed by atoms with Gasteiger partial charge in [0.2, 0.25) is 0 Å². The number of hydrogen-bond donors (Lipinski definition) is 2. The molecule has 2 heteroatoms. The molecule has 1 rings (SSSR count). The van der Waals surface area contributed by atoms with E-state index in [0.29, 0.717) is 0 Å². The van der Waals surface area contributed by atoms with Crippen LogP contribution < -0.4 is 5.32 Å². The van der Waals surface area contributed by atoms with Gasteiger partial charge in [0.1, 0.15) is 0 Å². The Morgan fingerprint density at radius 3 is 2.28 bits per heavy atom. The van der Waals surface area contributed by atoms with Gasteiger partial charge in [0, 0.05) is 18.8 Å². The fourth-order valence-electron chi connectivity index (χ4n) is 2.06. The van der Waals surface area contributed by atoms with E-state index in [0.717, 1.165) is 13.0 Å².